The Balaban J connectivity index is 0.00000450. The Labute approximate surface area is 200 Å². The molecule has 0 fully saturated rings. The van der Waals surface area contributed by atoms with Gasteiger partial charge in [-0.3, -0.25) is 4.99 Å². The Bertz CT molecular complexity index is 892. The van der Waals surface area contributed by atoms with Gasteiger partial charge >= 0.3 is 0 Å². The van der Waals surface area contributed by atoms with Crippen molar-refractivity contribution >= 4 is 51.3 Å². The molecule has 30 heavy (non-hydrogen) atoms. The zero-order valence-electron chi connectivity index (χ0n) is 18.0. The van der Waals surface area contributed by atoms with E-state index >= 15 is 0 Å². The number of guanidine groups is 1. The van der Waals surface area contributed by atoms with Crippen molar-refractivity contribution in [3.8, 4) is 0 Å². The van der Waals surface area contributed by atoms with Gasteiger partial charge in [-0.05, 0) is 18.6 Å². The molecular weight excluding hydrogens is 537 g/mol. The minimum absolute atomic E-state index is 0. The maximum absolute atomic E-state index is 12.6. The molecule has 0 saturated carbocycles. The van der Waals surface area contributed by atoms with Gasteiger partial charge in [-0.2, -0.15) is 4.31 Å². The summed E-state index contributed by atoms with van der Waals surface area (Å²) in [5.74, 6) is 1.67. The Hall–Kier alpha value is -1.25. The largest absolute Gasteiger partial charge is 0.356 e. The molecular formula is C18H32IN7O2S2. The first-order valence-electron chi connectivity index (χ1n) is 9.86. The van der Waals surface area contributed by atoms with Gasteiger partial charge in [0.2, 0.25) is 0 Å². The average molecular weight is 570 g/mol. The van der Waals surface area contributed by atoms with Crippen LogP contribution < -0.4 is 10.6 Å². The third kappa shape index (κ3) is 7.17. The zero-order chi connectivity index (χ0) is 21.3. The summed E-state index contributed by atoms with van der Waals surface area (Å²) in [6.07, 6.45) is 3.31. The minimum Gasteiger partial charge on any atom is -0.356 e. The highest BCUT2D eigenvalue weighted by Crippen LogP contribution is 2.25. The minimum atomic E-state index is -3.38. The molecule has 0 spiro atoms. The summed E-state index contributed by atoms with van der Waals surface area (Å²) in [6, 6.07) is 3.59. The van der Waals surface area contributed by atoms with Crippen molar-refractivity contribution in [2.75, 3.05) is 33.2 Å². The normalized spacial score (nSPS) is 12.1. The van der Waals surface area contributed by atoms with Crippen LogP contribution in [0.15, 0.2) is 27.7 Å². The second-order valence-electron chi connectivity index (χ2n) is 6.28. The Morgan fingerprint density at radius 1 is 1.20 bits per heavy atom. The Morgan fingerprint density at radius 3 is 2.53 bits per heavy atom. The lowest BCUT2D eigenvalue weighted by atomic mass is 10.3. The molecule has 12 heteroatoms. The summed E-state index contributed by atoms with van der Waals surface area (Å²) in [5, 5.41) is 14.5. The number of hydrogen-bond acceptors (Lipinski definition) is 6. The van der Waals surface area contributed by atoms with Crippen LogP contribution in [0.25, 0.3) is 0 Å². The van der Waals surface area contributed by atoms with Gasteiger partial charge in [0.1, 0.15) is 16.4 Å². The molecule has 9 nitrogen and oxygen atoms in total. The highest BCUT2D eigenvalue weighted by molar-refractivity contribution is 14.0. The second-order valence-corrected chi connectivity index (χ2v) is 9.61. The van der Waals surface area contributed by atoms with E-state index in [9.17, 15) is 8.42 Å². The van der Waals surface area contributed by atoms with Gasteiger partial charge < -0.3 is 15.2 Å². The van der Waals surface area contributed by atoms with Crippen LogP contribution in [-0.2, 0) is 29.4 Å². The number of aromatic nitrogens is 3. The highest BCUT2D eigenvalue weighted by atomic mass is 127. The van der Waals surface area contributed by atoms with Gasteiger partial charge in [-0.25, -0.2) is 8.42 Å². The summed E-state index contributed by atoms with van der Waals surface area (Å²) in [7, 11) is -1.66. The van der Waals surface area contributed by atoms with Crippen LogP contribution >= 0.6 is 35.3 Å². The van der Waals surface area contributed by atoms with E-state index in [2.05, 4.69) is 32.7 Å². The molecule has 0 aliphatic rings. The SMILES string of the molecule is CCc1nncn1CCNC(=NC)NCCc1ccc(S(=O)(=O)N(CC)CC)s1.I. The predicted octanol–water partition coefficient (Wildman–Crippen LogP) is 1.96. The van der Waals surface area contributed by atoms with E-state index in [1.165, 1.54) is 15.6 Å². The smallest absolute Gasteiger partial charge is 0.252 e. The van der Waals surface area contributed by atoms with E-state index in [4.69, 9.17) is 0 Å². The number of nitrogens with zero attached hydrogens (tertiary/aromatic N) is 5. The highest BCUT2D eigenvalue weighted by Gasteiger charge is 2.23. The first-order valence-corrected chi connectivity index (χ1v) is 12.1. The van der Waals surface area contributed by atoms with Gasteiger partial charge in [-0.15, -0.1) is 45.5 Å². The quantitative estimate of drug-likeness (QED) is 0.244. The third-order valence-corrected chi connectivity index (χ3v) is 8.14. The van der Waals surface area contributed by atoms with Gasteiger partial charge in [0.05, 0.1) is 0 Å². The maximum atomic E-state index is 12.6. The summed E-state index contributed by atoms with van der Waals surface area (Å²) in [4.78, 5) is 5.25. The second kappa shape index (κ2) is 13.2. The number of halogens is 1. The number of sulfonamides is 1. The molecule has 2 aromatic rings. The summed E-state index contributed by atoms with van der Waals surface area (Å²) in [6.45, 7) is 8.84. The molecule has 0 aliphatic carbocycles. The molecule has 0 saturated heterocycles. The fraction of sp³-hybridized carbons (Fsp3) is 0.611. The Morgan fingerprint density at radius 2 is 1.90 bits per heavy atom. The van der Waals surface area contributed by atoms with Crippen molar-refractivity contribution in [2.45, 2.75) is 44.4 Å². The van der Waals surface area contributed by atoms with Gasteiger partial charge in [0.25, 0.3) is 10.0 Å². The van der Waals surface area contributed by atoms with Gasteiger partial charge in [-0.1, -0.05) is 20.8 Å². The molecule has 0 radical (unpaired) electrons. The molecule has 0 aliphatic heterocycles. The lowest BCUT2D eigenvalue weighted by Gasteiger charge is -2.16. The predicted molar refractivity (Wildman–Crippen MR) is 132 cm³/mol. The van der Waals surface area contributed by atoms with Crippen molar-refractivity contribution in [2.24, 2.45) is 4.99 Å². The van der Waals surface area contributed by atoms with Crippen molar-refractivity contribution < 1.29 is 8.42 Å². The van der Waals surface area contributed by atoms with Crippen LogP contribution in [0.5, 0.6) is 0 Å². The molecule has 2 rings (SSSR count). The van der Waals surface area contributed by atoms with Gasteiger partial charge in [0.15, 0.2) is 5.96 Å². The summed E-state index contributed by atoms with van der Waals surface area (Å²) in [5.41, 5.74) is 0. The molecule has 0 aromatic carbocycles. The van der Waals surface area contributed by atoms with Crippen molar-refractivity contribution in [1.29, 1.82) is 0 Å². The topological polar surface area (TPSA) is 105 Å². The number of nitrogens with one attached hydrogen (secondary N) is 2. The number of thiophene rings is 1. The van der Waals surface area contributed by atoms with Crippen LogP contribution in [-0.4, -0.2) is 66.7 Å². The zero-order valence-corrected chi connectivity index (χ0v) is 21.9. The van der Waals surface area contributed by atoms with E-state index in [0.29, 0.717) is 36.3 Å². The summed E-state index contributed by atoms with van der Waals surface area (Å²) < 4.78 is 29.1. The first kappa shape index (κ1) is 26.8. The van der Waals surface area contributed by atoms with E-state index in [-0.39, 0.29) is 24.0 Å². The maximum Gasteiger partial charge on any atom is 0.252 e. The van der Waals surface area contributed by atoms with Crippen LogP contribution in [0.1, 0.15) is 31.5 Å². The monoisotopic (exact) mass is 569 g/mol. The van der Waals surface area contributed by atoms with E-state index in [1.54, 1.807) is 19.4 Å². The molecule has 0 amide bonds. The van der Waals surface area contributed by atoms with Crippen LogP contribution in [0, 0.1) is 0 Å². The number of aliphatic imine (C=N–C) groups is 1. The van der Waals surface area contributed by atoms with Crippen molar-refractivity contribution in [3.63, 3.8) is 0 Å². The van der Waals surface area contributed by atoms with E-state index in [0.717, 1.165) is 30.1 Å². The number of hydrogen-bond donors (Lipinski definition) is 2. The standard InChI is InChI=1S/C18H31N7O2S2.HI/c1-5-16-23-22-14-24(16)13-12-21-18(19-4)20-11-10-15-8-9-17(28-15)29(26,27)25(6-2)7-3;/h8-9,14H,5-7,10-13H2,1-4H3,(H2,19,20,21);1H. The molecule has 0 atom stereocenters. The number of rotatable bonds is 11. The lowest BCUT2D eigenvalue weighted by molar-refractivity contribution is 0.447. The lowest BCUT2D eigenvalue weighted by Crippen LogP contribution is -2.39. The molecule has 2 N–H and O–H groups in total. The van der Waals surface area contributed by atoms with Crippen LogP contribution in [0.3, 0.4) is 0 Å². The third-order valence-electron chi connectivity index (χ3n) is 4.48. The summed E-state index contributed by atoms with van der Waals surface area (Å²) >= 11 is 1.33. The average Bonchev–Trinajstić information content (AvgIpc) is 3.37. The molecule has 0 bridgehead atoms. The first-order chi connectivity index (χ1) is 14.0. The number of aryl methyl sites for hydroxylation is 1. The molecule has 2 heterocycles. The fourth-order valence-corrected chi connectivity index (χ4v) is 5.85. The molecule has 0 unspecified atom stereocenters. The van der Waals surface area contributed by atoms with Crippen LogP contribution in [0.4, 0.5) is 0 Å². The molecule has 170 valence electrons. The molecule has 2 aromatic heterocycles. The van der Waals surface area contributed by atoms with E-state index in [1.807, 2.05) is 24.5 Å². The fourth-order valence-electron chi connectivity index (χ4n) is 2.88. The Kier molecular flexibility index (Phi) is 11.8. The van der Waals surface area contributed by atoms with Crippen LogP contribution in [0.2, 0.25) is 0 Å². The van der Waals surface area contributed by atoms with Crippen molar-refractivity contribution in [3.05, 3.63) is 29.2 Å². The van der Waals surface area contributed by atoms with E-state index < -0.39 is 10.0 Å². The van der Waals surface area contributed by atoms with Gasteiger partial charge in [0, 0.05) is 51.1 Å². The van der Waals surface area contributed by atoms with Crippen molar-refractivity contribution in [1.82, 2.24) is 29.7 Å².